The minimum atomic E-state index is -0.460. The first kappa shape index (κ1) is 15.6. The van der Waals surface area contributed by atoms with E-state index in [0.717, 1.165) is 0 Å². The number of benzene rings is 1. The summed E-state index contributed by atoms with van der Waals surface area (Å²) in [6, 6.07) is 7.77. The van der Waals surface area contributed by atoms with Crippen molar-refractivity contribution in [2.45, 2.75) is 25.3 Å². The van der Waals surface area contributed by atoms with Gasteiger partial charge in [0.25, 0.3) is 0 Å². The van der Waals surface area contributed by atoms with Crippen molar-refractivity contribution in [3.8, 4) is 0 Å². The number of ketones is 1. The molecule has 0 aliphatic heterocycles. The molecule has 0 fully saturated rings. The van der Waals surface area contributed by atoms with E-state index in [-0.39, 0.29) is 24.7 Å². The number of aromatic nitrogens is 1. The van der Waals surface area contributed by atoms with E-state index in [1.807, 2.05) is 0 Å². The molecule has 4 nitrogen and oxygen atoms in total. The van der Waals surface area contributed by atoms with Crippen LogP contribution in [-0.2, 0) is 11.3 Å². The van der Waals surface area contributed by atoms with Crippen LogP contribution < -0.4 is 5.32 Å². The van der Waals surface area contributed by atoms with Gasteiger partial charge in [-0.2, -0.15) is 0 Å². The van der Waals surface area contributed by atoms with Crippen LogP contribution in [0.15, 0.2) is 36.5 Å². The van der Waals surface area contributed by atoms with Crippen LogP contribution in [0.25, 0.3) is 0 Å². The molecule has 1 amide bonds. The van der Waals surface area contributed by atoms with Crippen molar-refractivity contribution in [3.05, 3.63) is 64.2 Å². The standard InChI is InChI=1S/C17H14ClFN2O2/c18-11-4-3-10(14(19)8-11)9-21-17(23)13-5-6-15(22)16-12(13)2-1-7-20-16/h1-4,7-8,13H,5-6,9H2,(H,21,23). The Morgan fingerprint density at radius 2 is 2.22 bits per heavy atom. The van der Waals surface area contributed by atoms with E-state index in [1.54, 1.807) is 24.4 Å². The van der Waals surface area contributed by atoms with Gasteiger partial charge in [-0.05, 0) is 30.2 Å². The fourth-order valence-corrected chi connectivity index (χ4v) is 2.88. The molecule has 1 N–H and O–H groups in total. The highest BCUT2D eigenvalue weighted by atomic mass is 35.5. The van der Waals surface area contributed by atoms with E-state index in [0.29, 0.717) is 28.3 Å². The highest BCUT2D eigenvalue weighted by molar-refractivity contribution is 6.30. The first-order chi connectivity index (χ1) is 11.1. The number of nitrogens with one attached hydrogen (secondary N) is 1. The lowest BCUT2D eigenvalue weighted by atomic mass is 9.84. The van der Waals surface area contributed by atoms with Crippen LogP contribution >= 0.6 is 11.6 Å². The van der Waals surface area contributed by atoms with Crippen molar-refractivity contribution in [3.63, 3.8) is 0 Å². The van der Waals surface area contributed by atoms with Gasteiger partial charge in [0.1, 0.15) is 11.5 Å². The van der Waals surface area contributed by atoms with Gasteiger partial charge in [-0.25, -0.2) is 4.39 Å². The van der Waals surface area contributed by atoms with Gasteiger partial charge in [-0.15, -0.1) is 0 Å². The minimum Gasteiger partial charge on any atom is -0.351 e. The number of carbonyl (C=O) groups is 2. The number of fused-ring (bicyclic) bond motifs is 1. The van der Waals surface area contributed by atoms with Crippen LogP contribution in [0.4, 0.5) is 4.39 Å². The lowest BCUT2D eigenvalue weighted by Crippen LogP contribution is -2.32. The van der Waals surface area contributed by atoms with Gasteiger partial charge in [0.05, 0.1) is 5.92 Å². The second kappa shape index (κ2) is 6.46. The molecule has 118 valence electrons. The van der Waals surface area contributed by atoms with Crippen LogP contribution in [0, 0.1) is 5.82 Å². The summed E-state index contributed by atoms with van der Waals surface area (Å²) in [6.07, 6.45) is 2.27. The number of pyridine rings is 1. The second-order valence-electron chi connectivity index (χ2n) is 5.41. The fourth-order valence-electron chi connectivity index (χ4n) is 2.72. The summed E-state index contributed by atoms with van der Waals surface area (Å²) in [6.45, 7) is 0.0713. The van der Waals surface area contributed by atoms with E-state index >= 15 is 0 Å². The molecule has 23 heavy (non-hydrogen) atoms. The van der Waals surface area contributed by atoms with Crippen LogP contribution in [0.3, 0.4) is 0 Å². The van der Waals surface area contributed by atoms with Crippen molar-refractivity contribution < 1.29 is 14.0 Å². The molecule has 1 atom stereocenters. The smallest absolute Gasteiger partial charge is 0.227 e. The molecule has 3 rings (SSSR count). The lowest BCUT2D eigenvalue weighted by molar-refractivity contribution is -0.122. The van der Waals surface area contributed by atoms with E-state index in [2.05, 4.69) is 10.3 Å². The predicted octanol–water partition coefficient (Wildman–Crippen LogP) is 3.25. The van der Waals surface area contributed by atoms with Crippen molar-refractivity contribution in [2.24, 2.45) is 0 Å². The Hall–Kier alpha value is -2.27. The van der Waals surface area contributed by atoms with Crippen molar-refractivity contribution in [2.75, 3.05) is 0 Å². The summed E-state index contributed by atoms with van der Waals surface area (Å²) in [5, 5.41) is 3.03. The Balaban J connectivity index is 1.74. The first-order valence-corrected chi connectivity index (χ1v) is 7.64. The quantitative estimate of drug-likeness (QED) is 0.938. The third kappa shape index (κ3) is 3.24. The van der Waals surface area contributed by atoms with Crippen molar-refractivity contribution in [1.29, 1.82) is 0 Å². The van der Waals surface area contributed by atoms with Crippen LogP contribution in [0.5, 0.6) is 0 Å². The first-order valence-electron chi connectivity index (χ1n) is 7.26. The number of halogens is 2. The average molecular weight is 333 g/mol. The fraction of sp³-hybridized carbons (Fsp3) is 0.235. The maximum atomic E-state index is 13.7. The topological polar surface area (TPSA) is 59.1 Å². The highest BCUT2D eigenvalue weighted by Gasteiger charge is 2.31. The molecule has 2 aromatic rings. The molecule has 0 radical (unpaired) electrons. The average Bonchev–Trinajstić information content (AvgIpc) is 2.54. The maximum Gasteiger partial charge on any atom is 0.227 e. The maximum absolute atomic E-state index is 13.7. The number of hydrogen-bond donors (Lipinski definition) is 1. The number of amides is 1. The Labute approximate surface area is 137 Å². The number of nitrogens with zero attached hydrogens (tertiary/aromatic N) is 1. The van der Waals surface area contributed by atoms with Crippen LogP contribution in [0.2, 0.25) is 5.02 Å². The highest BCUT2D eigenvalue weighted by Crippen LogP contribution is 2.30. The van der Waals surface area contributed by atoms with E-state index in [9.17, 15) is 14.0 Å². The molecule has 0 bridgehead atoms. The molecule has 0 saturated carbocycles. The van der Waals surface area contributed by atoms with Crippen molar-refractivity contribution >= 4 is 23.3 Å². The molecule has 1 aliphatic rings. The van der Waals surface area contributed by atoms with Gasteiger partial charge in [0.15, 0.2) is 5.78 Å². The summed E-state index contributed by atoms with van der Waals surface area (Å²) in [5.41, 5.74) is 1.36. The Bertz CT molecular complexity index is 779. The number of Topliss-reactive ketones (excluding diaryl/α,β-unsaturated/α-hetero) is 1. The zero-order valence-corrected chi connectivity index (χ0v) is 12.9. The number of carbonyl (C=O) groups excluding carboxylic acids is 2. The van der Waals surface area contributed by atoms with Gasteiger partial charge in [-0.3, -0.25) is 14.6 Å². The molecule has 6 heteroatoms. The summed E-state index contributed by atoms with van der Waals surface area (Å²) in [7, 11) is 0. The lowest BCUT2D eigenvalue weighted by Gasteiger charge is -2.23. The normalized spacial score (nSPS) is 16.8. The Kier molecular flexibility index (Phi) is 4.39. The molecule has 1 unspecified atom stereocenters. The molecule has 1 aromatic carbocycles. The second-order valence-corrected chi connectivity index (χ2v) is 5.85. The van der Waals surface area contributed by atoms with Crippen LogP contribution in [0.1, 0.15) is 40.4 Å². The number of hydrogen-bond acceptors (Lipinski definition) is 3. The SMILES string of the molecule is O=C1CCC(C(=O)NCc2ccc(Cl)cc2F)c2cccnc21. The zero-order chi connectivity index (χ0) is 16.4. The molecule has 0 spiro atoms. The number of rotatable bonds is 3. The third-order valence-electron chi connectivity index (χ3n) is 3.92. The van der Waals surface area contributed by atoms with Crippen molar-refractivity contribution in [1.82, 2.24) is 10.3 Å². The van der Waals surface area contributed by atoms with E-state index < -0.39 is 11.7 Å². The van der Waals surface area contributed by atoms with Crippen LogP contribution in [-0.4, -0.2) is 16.7 Å². The molecule has 0 saturated heterocycles. The van der Waals surface area contributed by atoms with Gasteiger partial charge < -0.3 is 5.32 Å². The molecule has 1 aliphatic carbocycles. The van der Waals surface area contributed by atoms with E-state index in [1.165, 1.54) is 12.1 Å². The van der Waals surface area contributed by atoms with Gasteiger partial charge >= 0.3 is 0 Å². The largest absolute Gasteiger partial charge is 0.351 e. The predicted molar refractivity (Wildman–Crippen MR) is 83.8 cm³/mol. The Morgan fingerprint density at radius 3 is 3.00 bits per heavy atom. The van der Waals surface area contributed by atoms with Gasteiger partial charge in [0.2, 0.25) is 5.91 Å². The van der Waals surface area contributed by atoms with E-state index in [4.69, 9.17) is 11.6 Å². The van der Waals surface area contributed by atoms with Gasteiger partial charge in [-0.1, -0.05) is 23.7 Å². The summed E-state index contributed by atoms with van der Waals surface area (Å²) >= 11 is 5.71. The monoisotopic (exact) mass is 332 g/mol. The zero-order valence-electron chi connectivity index (χ0n) is 12.2. The van der Waals surface area contributed by atoms with Gasteiger partial charge in [0, 0.05) is 29.7 Å². The molecule has 1 aromatic heterocycles. The summed E-state index contributed by atoms with van der Waals surface area (Å²) in [5.74, 6) is -1.18. The Morgan fingerprint density at radius 1 is 1.39 bits per heavy atom. The third-order valence-corrected chi connectivity index (χ3v) is 4.16. The minimum absolute atomic E-state index is 0.0478. The molecular weight excluding hydrogens is 319 g/mol. The molecule has 1 heterocycles. The summed E-state index contributed by atoms with van der Waals surface area (Å²) < 4.78 is 13.7. The molecular formula is C17H14ClFN2O2. The summed E-state index contributed by atoms with van der Waals surface area (Å²) in [4.78, 5) is 28.3.